The van der Waals surface area contributed by atoms with Crippen LogP contribution in [0.2, 0.25) is 0 Å². The Kier molecular flexibility index (Phi) is 64.6. The van der Waals surface area contributed by atoms with Gasteiger partial charge in [-0.3, -0.25) is 37.3 Å². The van der Waals surface area contributed by atoms with Gasteiger partial charge in [-0.05, 0) is 37.5 Å². The second-order valence-electron chi connectivity index (χ2n) is 27.6. The summed E-state index contributed by atoms with van der Waals surface area (Å²) in [7, 11) is -9.90. The van der Waals surface area contributed by atoms with Gasteiger partial charge >= 0.3 is 39.5 Å². The second kappa shape index (κ2) is 66.0. The van der Waals surface area contributed by atoms with E-state index in [0.29, 0.717) is 25.7 Å². The molecule has 2 unspecified atom stereocenters. The molecule has 0 aliphatic carbocycles. The normalized spacial score (nSPS) is 14.1. The highest BCUT2D eigenvalue weighted by Gasteiger charge is 2.30. The van der Waals surface area contributed by atoms with Crippen molar-refractivity contribution in [1.82, 2.24) is 0 Å². The fraction of sp³-hybridized carbons (Fsp3) is 0.946. The van der Waals surface area contributed by atoms with Gasteiger partial charge in [0.05, 0.1) is 26.4 Å². The minimum Gasteiger partial charge on any atom is -0.462 e. The molecule has 0 saturated heterocycles. The van der Waals surface area contributed by atoms with Gasteiger partial charge in [0.25, 0.3) is 0 Å². The van der Waals surface area contributed by atoms with E-state index in [1.54, 1.807) is 0 Å². The Balaban J connectivity index is 5.14. The van der Waals surface area contributed by atoms with E-state index in [9.17, 15) is 43.2 Å². The smallest absolute Gasteiger partial charge is 0.462 e. The molecule has 0 aliphatic heterocycles. The van der Waals surface area contributed by atoms with Crippen molar-refractivity contribution in [3.63, 3.8) is 0 Å². The van der Waals surface area contributed by atoms with Gasteiger partial charge in [0.1, 0.15) is 19.3 Å². The molecule has 0 aromatic rings. The molecule has 0 bridgehead atoms. The summed E-state index contributed by atoms with van der Waals surface area (Å²) in [6.07, 6.45) is 53.0. The Labute approximate surface area is 568 Å². The van der Waals surface area contributed by atoms with Crippen molar-refractivity contribution in [2.45, 2.75) is 400 Å². The summed E-state index contributed by atoms with van der Waals surface area (Å²) < 4.78 is 68.2. The van der Waals surface area contributed by atoms with Crippen LogP contribution in [0.5, 0.6) is 0 Å². The van der Waals surface area contributed by atoms with Crippen molar-refractivity contribution in [2.24, 2.45) is 11.8 Å². The predicted octanol–water partition coefficient (Wildman–Crippen LogP) is 21.6. The summed E-state index contributed by atoms with van der Waals surface area (Å²) in [6, 6.07) is 0. The SMILES string of the molecule is CCCCCCCCCCCC(=O)O[C@H](COC(=O)CCCCCCCCC)COP(=O)(O)OC[C@H](O)COP(=O)(O)OC[C@@H](COC(=O)CCCCCCCCCCCCCCCC(C)C)OC(=O)CCCCCCCCCCCCCCCCCCCCC(C)C. The summed E-state index contributed by atoms with van der Waals surface area (Å²) in [5.41, 5.74) is 0. The van der Waals surface area contributed by atoms with Crippen LogP contribution >= 0.6 is 15.6 Å². The molecule has 0 radical (unpaired) electrons. The zero-order chi connectivity index (χ0) is 68.6. The van der Waals surface area contributed by atoms with Crippen LogP contribution < -0.4 is 0 Å². The van der Waals surface area contributed by atoms with Gasteiger partial charge < -0.3 is 33.8 Å². The van der Waals surface area contributed by atoms with Crippen LogP contribution in [-0.2, 0) is 65.4 Å². The van der Waals surface area contributed by atoms with Gasteiger partial charge in [-0.15, -0.1) is 0 Å². The number of ether oxygens (including phenoxy) is 4. The first-order valence-electron chi connectivity index (χ1n) is 38.5. The lowest BCUT2D eigenvalue weighted by atomic mass is 10.0. The van der Waals surface area contributed by atoms with Crippen LogP contribution in [0.15, 0.2) is 0 Å². The maximum atomic E-state index is 13.1. The predicted molar refractivity (Wildman–Crippen MR) is 377 cm³/mol. The zero-order valence-corrected chi connectivity index (χ0v) is 62.3. The molecule has 0 rings (SSSR count). The Hall–Kier alpha value is -1.94. The lowest BCUT2D eigenvalue weighted by molar-refractivity contribution is -0.161. The first-order chi connectivity index (χ1) is 44.9. The van der Waals surface area contributed by atoms with Crippen molar-refractivity contribution in [3.05, 3.63) is 0 Å². The lowest BCUT2D eigenvalue weighted by Crippen LogP contribution is -2.30. The molecule has 0 fully saturated rings. The number of unbranched alkanes of at least 4 members (excludes halogenated alkanes) is 43. The molecule has 19 heteroatoms. The molecule has 0 amide bonds. The third-order valence-corrected chi connectivity index (χ3v) is 19.1. The molecule has 0 spiro atoms. The molecule has 0 aromatic heterocycles. The van der Waals surface area contributed by atoms with Crippen LogP contribution in [0.25, 0.3) is 0 Å². The summed E-state index contributed by atoms with van der Waals surface area (Å²) >= 11 is 0. The monoisotopic (exact) mass is 1370 g/mol. The molecule has 0 aromatic carbocycles. The first kappa shape index (κ1) is 91.1. The Bertz CT molecular complexity index is 1800. The van der Waals surface area contributed by atoms with Gasteiger partial charge in [-0.1, -0.05) is 330 Å². The average Bonchev–Trinajstić information content (AvgIpc) is 1.81. The van der Waals surface area contributed by atoms with E-state index in [-0.39, 0.29) is 25.7 Å². The van der Waals surface area contributed by atoms with Gasteiger partial charge in [0.2, 0.25) is 0 Å². The van der Waals surface area contributed by atoms with Gasteiger partial charge in [-0.2, -0.15) is 0 Å². The highest BCUT2D eigenvalue weighted by molar-refractivity contribution is 7.47. The number of aliphatic hydroxyl groups is 1. The zero-order valence-electron chi connectivity index (χ0n) is 60.6. The highest BCUT2D eigenvalue weighted by atomic mass is 31.2. The van der Waals surface area contributed by atoms with Crippen LogP contribution in [0.1, 0.15) is 382 Å². The van der Waals surface area contributed by atoms with E-state index in [1.165, 1.54) is 186 Å². The number of phosphoric ester groups is 2. The topological polar surface area (TPSA) is 237 Å². The van der Waals surface area contributed by atoms with Crippen molar-refractivity contribution < 1.29 is 80.2 Å². The minimum atomic E-state index is -4.95. The maximum Gasteiger partial charge on any atom is 0.472 e. The molecular formula is C74H144O17P2. The summed E-state index contributed by atoms with van der Waals surface area (Å²) in [5, 5.41) is 10.6. The Morgan fingerprint density at radius 2 is 0.495 bits per heavy atom. The summed E-state index contributed by atoms with van der Waals surface area (Å²) in [4.78, 5) is 72.5. The van der Waals surface area contributed by atoms with Gasteiger partial charge in [-0.25, -0.2) is 9.13 Å². The van der Waals surface area contributed by atoms with E-state index in [4.69, 9.17) is 37.0 Å². The number of phosphoric acid groups is 2. The van der Waals surface area contributed by atoms with Crippen molar-refractivity contribution in [1.29, 1.82) is 0 Å². The van der Waals surface area contributed by atoms with Gasteiger partial charge in [0.15, 0.2) is 12.2 Å². The molecule has 0 heterocycles. The molecule has 5 atom stereocenters. The molecule has 17 nitrogen and oxygen atoms in total. The Morgan fingerprint density at radius 3 is 0.731 bits per heavy atom. The molecule has 0 saturated carbocycles. The minimum absolute atomic E-state index is 0.105. The quantitative estimate of drug-likeness (QED) is 0.0222. The van der Waals surface area contributed by atoms with Gasteiger partial charge in [0, 0.05) is 25.7 Å². The molecule has 0 aliphatic rings. The highest BCUT2D eigenvalue weighted by Crippen LogP contribution is 2.45. The Morgan fingerprint density at radius 1 is 0.290 bits per heavy atom. The maximum absolute atomic E-state index is 13.1. The standard InChI is InChI=1S/C74H144O17P2/c1-7-9-11-13-15-31-40-46-52-58-73(78)90-69(62-84-71(76)56-50-44-36-14-12-10-8-2)64-88-92(80,81)86-60-68(75)61-87-93(82,83)89-65-70(63-85-72(77)57-51-45-39-34-29-26-22-24-28-33-38-43-49-55-67(5)6)91-74(79)59-53-47-41-35-30-25-21-19-17-16-18-20-23-27-32-37-42-48-54-66(3)4/h66-70,75H,7-65H2,1-6H3,(H,80,81)(H,82,83)/t68-,69+,70+/m0/s1. The fourth-order valence-electron chi connectivity index (χ4n) is 11.3. The first-order valence-corrected chi connectivity index (χ1v) is 41.5. The number of hydrogen-bond donors (Lipinski definition) is 3. The van der Waals surface area contributed by atoms with Crippen LogP contribution in [0.3, 0.4) is 0 Å². The van der Waals surface area contributed by atoms with Crippen LogP contribution in [0.4, 0.5) is 0 Å². The van der Waals surface area contributed by atoms with Crippen molar-refractivity contribution in [3.8, 4) is 0 Å². The lowest BCUT2D eigenvalue weighted by Gasteiger charge is -2.21. The van der Waals surface area contributed by atoms with Crippen molar-refractivity contribution in [2.75, 3.05) is 39.6 Å². The van der Waals surface area contributed by atoms with E-state index in [1.807, 2.05) is 0 Å². The number of aliphatic hydroxyl groups excluding tert-OH is 1. The number of rotatable bonds is 73. The molecule has 93 heavy (non-hydrogen) atoms. The van der Waals surface area contributed by atoms with E-state index < -0.39 is 97.5 Å². The van der Waals surface area contributed by atoms with E-state index in [2.05, 4.69) is 41.5 Å². The number of carbonyl (C=O) groups excluding carboxylic acids is 4. The summed E-state index contributed by atoms with van der Waals surface area (Å²) in [5.74, 6) is -0.513. The molecule has 552 valence electrons. The third kappa shape index (κ3) is 68.4. The number of hydrogen-bond acceptors (Lipinski definition) is 15. The second-order valence-corrected chi connectivity index (χ2v) is 30.5. The number of carbonyl (C=O) groups is 4. The average molecular weight is 1370 g/mol. The number of esters is 4. The largest absolute Gasteiger partial charge is 0.472 e. The van der Waals surface area contributed by atoms with E-state index in [0.717, 1.165) is 115 Å². The van der Waals surface area contributed by atoms with Crippen LogP contribution in [-0.4, -0.2) is 96.7 Å². The van der Waals surface area contributed by atoms with Crippen molar-refractivity contribution >= 4 is 39.5 Å². The third-order valence-electron chi connectivity index (χ3n) is 17.2. The fourth-order valence-corrected chi connectivity index (χ4v) is 12.9. The molecular weight excluding hydrogens is 1220 g/mol. The van der Waals surface area contributed by atoms with E-state index >= 15 is 0 Å². The summed E-state index contributed by atoms with van der Waals surface area (Å²) in [6.45, 7) is 9.57. The van der Waals surface area contributed by atoms with Crippen LogP contribution in [0, 0.1) is 11.8 Å². The molecule has 3 N–H and O–H groups in total.